The summed E-state index contributed by atoms with van der Waals surface area (Å²) in [7, 11) is -3.78. The average molecular weight is 361 g/mol. The minimum Gasteiger partial charge on any atom is -0.439 e. The second kappa shape index (κ2) is 5.78. The van der Waals surface area contributed by atoms with Gasteiger partial charge in [-0.05, 0) is 18.6 Å². The van der Waals surface area contributed by atoms with E-state index in [1.54, 1.807) is 30.5 Å². The van der Waals surface area contributed by atoms with Gasteiger partial charge in [-0.1, -0.05) is 18.2 Å². The molecule has 0 saturated carbocycles. The summed E-state index contributed by atoms with van der Waals surface area (Å²) in [5.41, 5.74) is 0.408. The molecule has 1 aromatic heterocycles. The van der Waals surface area contributed by atoms with Gasteiger partial charge in [0.15, 0.2) is 6.61 Å². The van der Waals surface area contributed by atoms with E-state index < -0.39 is 28.1 Å². The highest BCUT2D eigenvalue weighted by Crippen LogP contribution is 2.28. The molecule has 0 aliphatic carbocycles. The van der Waals surface area contributed by atoms with Crippen LogP contribution in [-0.4, -0.2) is 60.3 Å². The van der Waals surface area contributed by atoms with Crippen LogP contribution in [0.5, 0.6) is 0 Å². The second-order valence-corrected chi connectivity index (χ2v) is 7.86. The minimum atomic E-state index is -3.78. The third-order valence-corrected chi connectivity index (χ3v) is 6.39. The molecule has 0 spiro atoms. The molecule has 2 aliphatic rings. The monoisotopic (exact) mass is 361 g/mol. The second-order valence-electron chi connectivity index (χ2n) is 5.96. The maximum absolute atomic E-state index is 13.0. The summed E-state index contributed by atoms with van der Waals surface area (Å²) in [4.78, 5) is 28.8. The quantitative estimate of drug-likeness (QED) is 0.808. The Morgan fingerprint density at radius 3 is 2.72 bits per heavy atom. The number of hydrogen-bond donors (Lipinski definition) is 0. The first-order valence-corrected chi connectivity index (χ1v) is 9.25. The third-order valence-electron chi connectivity index (χ3n) is 4.49. The Bertz CT molecular complexity index is 953. The summed E-state index contributed by atoms with van der Waals surface area (Å²) in [6.07, 6.45) is 1.23. The van der Waals surface area contributed by atoms with Gasteiger partial charge >= 0.3 is 6.09 Å². The lowest BCUT2D eigenvalue weighted by Gasteiger charge is -2.20. The van der Waals surface area contributed by atoms with Crippen LogP contribution in [0, 0.1) is 0 Å². The molecule has 1 aromatic carbocycles. The number of imide groups is 1. The van der Waals surface area contributed by atoms with E-state index in [1.807, 2.05) is 0 Å². The van der Waals surface area contributed by atoms with E-state index in [4.69, 9.17) is 4.74 Å². The number of fused-ring (bicyclic) bond motifs is 1. The number of sulfonamides is 1. The van der Waals surface area contributed by atoms with Gasteiger partial charge in [0.2, 0.25) is 10.0 Å². The topological polar surface area (TPSA) is 96.9 Å². The number of para-hydroxylation sites is 1. The molecule has 2 saturated heterocycles. The molecule has 3 heterocycles. The van der Waals surface area contributed by atoms with E-state index in [0.717, 1.165) is 10.3 Å². The summed E-state index contributed by atoms with van der Waals surface area (Å²) < 4.78 is 32.1. The first-order valence-electron chi connectivity index (χ1n) is 7.81. The van der Waals surface area contributed by atoms with Gasteiger partial charge in [0, 0.05) is 24.7 Å². The Hall–Kier alpha value is -2.52. The first kappa shape index (κ1) is 16.0. The molecule has 25 heavy (non-hydrogen) atoms. The third kappa shape index (κ3) is 2.56. The van der Waals surface area contributed by atoms with Crippen molar-refractivity contribution in [2.24, 2.45) is 0 Å². The highest BCUT2D eigenvalue weighted by atomic mass is 32.2. The van der Waals surface area contributed by atoms with Crippen LogP contribution in [0.3, 0.4) is 0 Å². The Labute approximate surface area is 144 Å². The highest BCUT2D eigenvalue weighted by molar-refractivity contribution is 7.89. The maximum atomic E-state index is 13.0. The number of pyridine rings is 1. The number of nitrogens with zero attached hydrogens (tertiary/aromatic N) is 3. The summed E-state index contributed by atoms with van der Waals surface area (Å²) in [6.45, 7) is 0.00893. The molecule has 9 heteroatoms. The summed E-state index contributed by atoms with van der Waals surface area (Å²) in [5.74, 6) is -0.430. The van der Waals surface area contributed by atoms with Gasteiger partial charge in [-0.25, -0.2) is 18.1 Å². The lowest BCUT2D eigenvalue weighted by atomic mass is 10.2. The Morgan fingerprint density at radius 1 is 1.16 bits per heavy atom. The summed E-state index contributed by atoms with van der Waals surface area (Å²) >= 11 is 0. The van der Waals surface area contributed by atoms with E-state index in [2.05, 4.69) is 4.98 Å². The molecule has 0 N–H and O–H groups in total. The zero-order valence-electron chi connectivity index (χ0n) is 13.2. The molecule has 4 rings (SSSR count). The fourth-order valence-corrected chi connectivity index (χ4v) is 4.94. The van der Waals surface area contributed by atoms with Crippen molar-refractivity contribution in [1.82, 2.24) is 14.2 Å². The number of carbonyl (C=O) groups excluding carboxylic acids is 2. The molecule has 2 amide bonds. The molecule has 0 bridgehead atoms. The molecule has 1 unspecified atom stereocenters. The predicted octanol–water partition coefficient (Wildman–Crippen LogP) is 0.977. The number of ether oxygens (including phenoxy) is 1. The Kier molecular flexibility index (Phi) is 3.69. The standard InChI is InChI=1S/C16H15N3O5S/c20-14-10-24-16(21)19(14)12-6-8-18(9-12)25(22,23)13-5-1-3-11-4-2-7-17-15(11)13/h1-5,7,12H,6,8-10H2. The number of aromatic nitrogens is 1. The van der Waals surface area contributed by atoms with Crippen LogP contribution < -0.4 is 0 Å². The van der Waals surface area contributed by atoms with Gasteiger partial charge in [0.25, 0.3) is 5.91 Å². The van der Waals surface area contributed by atoms with Gasteiger partial charge in [-0.15, -0.1) is 0 Å². The fraction of sp³-hybridized carbons (Fsp3) is 0.312. The molecule has 2 fully saturated rings. The Balaban J connectivity index is 1.65. The molecular weight excluding hydrogens is 346 g/mol. The van der Waals surface area contributed by atoms with E-state index in [-0.39, 0.29) is 24.6 Å². The van der Waals surface area contributed by atoms with Gasteiger partial charge in [0.05, 0.1) is 11.6 Å². The molecule has 2 aromatic rings. The lowest BCUT2D eigenvalue weighted by molar-refractivity contribution is -0.127. The van der Waals surface area contributed by atoms with Crippen molar-refractivity contribution in [2.75, 3.05) is 19.7 Å². The smallest absolute Gasteiger partial charge is 0.417 e. The lowest BCUT2D eigenvalue weighted by Crippen LogP contribution is -2.42. The number of hydrogen-bond acceptors (Lipinski definition) is 6. The van der Waals surface area contributed by atoms with Crippen molar-refractivity contribution in [3.63, 3.8) is 0 Å². The zero-order chi connectivity index (χ0) is 17.6. The van der Waals surface area contributed by atoms with E-state index >= 15 is 0 Å². The molecule has 2 aliphatic heterocycles. The SMILES string of the molecule is O=C1COC(=O)N1C1CCN(S(=O)(=O)c2cccc3cccnc23)C1. The predicted molar refractivity (Wildman–Crippen MR) is 87.1 cm³/mol. The van der Waals surface area contributed by atoms with Crippen LogP contribution in [0.4, 0.5) is 4.79 Å². The van der Waals surface area contributed by atoms with Crippen LogP contribution >= 0.6 is 0 Å². The molecule has 8 nitrogen and oxygen atoms in total. The number of amides is 2. The molecular formula is C16H15N3O5S. The molecule has 1 atom stereocenters. The molecule has 130 valence electrons. The van der Waals surface area contributed by atoms with Gasteiger partial charge in [0.1, 0.15) is 4.90 Å². The largest absolute Gasteiger partial charge is 0.439 e. The van der Waals surface area contributed by atoms with E-state index in [1.165, 1.54) is 10.4 Å². The van der Waals surface area contributed by atoms with E-state index in [0.29, 0.717) is 11.9 Å². The van der Waals surface area contributed by atoms with Crippen molar-refractivity contribution in [3.8, 4) is 0 Å². The number of carbonyl (C=O) groups is 2. The van der Waals surface area contributed by atoms with Crippen molar-refractivity contribution in [1.29, 1.82) is 0 Å². The van der Waals surface area contributed by atoms with Crippen LogP contribution in [0.2, 0.25) is 0 Å². The number of rotatable bonds is 3. The summed E-state index contributed by atoms with van der Waals surface area (Å²) in [6, 6.07) is 8.04. The average Bonchev–Trinajstić information content (AvgIpc) is 3.21. The first-order chi connectivity index (χ1) is 12.0. The van der Waals surface area contributed by atoms with Crippen LogP contribution in [0.15, 0.2) is 41.4 Å². The minimum absolute atomic E-state index is 0.0619. The van der Waals surface area contributed by atoms with Crippen molar-refractivity contribution in [2.45, 2.75) is 17.4 Å². The normalized spacial score (nSPS) is 21.9. The van der Waals surface area contributed by atoms with Gasteiger partial charge < -0.3 is 4.74 Å². The van der Waals surface area contributed by atoms with Crippen molar-refractivity contribution < 1.29 is 22.7 Å². The van der Waals surface area contributed by atoms with Gasteiger partial charge in [-0.3, -0.25) is 9.78 Å². The maximum Gasteiger partial charge on any atom is 0.417 e. The number of cyclic esters (lactones) is 1. The van der Waals surface area contributed by atoms with E-state index in [9.17, 15) is 18.0 Å². The summed E-state index contributed by atoms with van der Waals surface area (Å²) in [5, 5.41) is 0.734. The van der Waals surface area contributed by atoms with Crippen molar-refractivity contribution >= 4 is 32.9 Å². The van der Waals surface area contributed by atoms with Crippen LogP contribution in [0.25, 0.3) is 10.9 Å². The Morgan fingerprint density at radius 2 is 1.96 bits per heavy atom. The van der Waals surface area contributed by atoms with Gasteiger partial charge in [-0.2, -0.15) is 4.31 Å². The van der Waals surface area contributed by atoms with Crippen molar-refractivity contribution in [3.05, 3.63) is 36.5 Å². The fourth-order valence-electron chi connectivity index (χ4n) is 3.28. The zero-order valence-corrected chi connectivity index (χ0v) is 14.0. The molecule has 0 radical (unpaired) electrons. The highest BCUT2D eigenvalue weighted by Gasteiger charge is 2.43. The van der Waals surface area contributed by atoms with Crippen LogP contribution in [0.1, 0.15) is 6.42 Å². The number of benzene rings is 1. The van der Waals surface area contributed by atoms with Crippen LogP contribution in [-0.2, 0) is 19.6 Å².